The summed E-state index contributed by atoms with van der Waals surface area (Å²) in [5.74, 6) is 0.533. The Bertz CT molecular complexity index is 773. The van der Waals surface area contributed by atoms with Crippen LogP contribution >= 0.6 is 0 Å². The topological polar surface area (TPSA) is 83.6 Å². The van der Waals surface area contributed by atoms with Gasteiger partial charge in [0.1, 0.15) is 11.5 Å². The predicted molar refractivity (Wildman–Crippen MR) is 107 cm³/mol. The lowest BCUT2D eigenvalue weighted by Gasteiger charge is -2.32. The van der Waals surface area contributed by atoms with Crippen molar-refractivity contribution in [1.82, 2.24) is 19.9 Å². The van der Waals surface area contributed by atoms with E-state index in [1.165, 1.54) is 22.6 Å². The SMILES string of the molecule is C=C(NCC)C1CCN(S(=O)(=O)c2ccc(OC/C(=C/F)CNC)nc2)CC1. The average molecular weight is 413 g/mol. The fourth-order valence-electron chi connectivity index (χ4n) is 3.08. The molecule has 1 fully saturated rings. The number of hydrogen-bond acceptors (Lipinski definition) is 6. The molecule has 2 heterocycles. The second kappa shape index (κ2) is 10.5. The summed E-state index contributed by atoms with van der Waals surface area (Å²) in [5, 5.41) is 6.06. The van der Waals surface area contributed by atoms with Gasteiger partial charge in [-0.2, -0.15) is 4.31 Å². The van der Waals surface area contributed by atoms with Crippen molar-refractivity contribution in [3.8, 4) is 5.88 Å². The molecular weight excluding hydrogens is 383 g/mol. The summed E-state index contributed by atoms with van der Waals surface area (Å²) in [7, 11) is -1.89. The van der Waals surface area contributed by atoms with Gasteiger partial charge in [0.2, 0.25) is 15.9 Å². The number of piperidine rings is 1. The Labute approximate surface area is 166 Å². The minimum Gasteiger partial charge on any atom is -0.473 e. The van der Waals surface area contributed by atoms with E-state index >= 15 is 0 Å². The summed E-state index contributed by atoms with van der Waals surface area (Å²) >= 11 is 0. The van der Waals surface area contributed by atoms with Gasteiger partial charge in [-0.3, -0.25) is 0 Å². The molecule has 7 nitrogen and oxygen atoms in total. The number of aromatic nitrogens is 1. The first-order valence-corrected chi connectivity index (χ1v) is 10.8. The van der Waals surface area contributed by atoms with E-state index in [1.807, 2.05) is 6.92 Å². The number of nitrogens with zero attached hydrogens (tertiary/aromatic N) is 2. The number of pyridine rings is 1. The molecule has 0 radical (unpaired) electrons. The smallest absolute Gasteiger partial charge is 0.244 e. The van der Waals surface area contributed by atoms with Crippen LogP contribution in [0.1, 0.15) is 19.8 Å². The van der Waals surface area contributed by atoms with Crippen molar-refractivity contribution in [1.29, 1.82) is 0 Å². The highest BCUT2D eigenvalue weighted by molar-refractivity contribution is 7.89. The summed E-state index contributed by atoms with van der Waals surface area (Å²) in [6.07, 6.45) is 3.25. The lowest BCUT2D eigenvalue weighted by Crippen LogP contribution is -2.40. The van der Waals surface area contributed by atoms with Crippen LogP contribution in [0.2, 0.25) is 0 Å². The normalized spacial score (nSPS) is 16.8. The Morgan fingerprint density at radius 2 is 2.14 bits per heavy atom. The highest BCUT2D eigenvalue weighted by Crippen LogP contribution is 2.27. The maximum atomic E-state index is 12.8. The fourth-order valence-corrected chi connectivity index (χ4v) is 4.50. The molecule has 1 aromatic heterocycles. The number of ether oxygens (including phenoxy) is 1. The third-order valence-corrected chi connectivity index (χ3v) is 6.54. The summed E-state index contributed by atoms with van der Waals surface area (Å²) in [6.45, 7) is 8.16. The zero-order chi connectivity index (χ0) is 20.6. The quantitative estimate of drug-likeness (QED) is 0.612. The van der Waals surface area contributed by atoms with Gasteiger partial charge >= 0.3 is 0 Å². The zero-order valence-corrected chi connectivity index (χ0v) is 17.3. The zero-order valence-electron chi connectivity index (χ0n) is 16.4. The number of likely N-dealkylation sites (N-methyl/N-ethyl adjacent to an activating group) is 1. The first-order valence-electron chi connectivity index (χ1n) is 9.36. The first-order chi connectivity index (χ1) is 13.4. The van der Waals surface area contributed by atoms with E-state index < -0.39 is 10.0 Å². The van der Waals surface area contributed by atoms with Crippen LogP contribution in [0, 0.1) is 5.92 Å². The van der Waals surface area contributed by atoms with E-state index in [2.05, 4.69) is 22.2 Å². The molecule has 156 valence electrons. The van der Waals surface area contributed by atoms with Crippen LogP contribution < -0.4 is 15.4 Å². The molecule has 0 amide bonds. The van der Waals surface area contributed by atoms with Gasteiger partial charge in [-0.1, -0.05) is 6.58 Å². The van der Waals surface area contributed by atoms with Crippen LogP contribution in [-0.2, 0) is 10.0 Å². The van der Waals surface area contributed by atoms with Crippen LogP contribution in [-0.4, -0.2) is 57.5 Å². The standard InChI is InChI=1S/C19H29FN4O3S/c1-4-22-15(2)17-7-9-24(10-8-17)28(25,26)18-5-6-19(23-13-18)27-14-16(11-20)12-21-3/h5-6,11,13,17,21-22H,2,4,7-10,12,14H2,1,3H3/b16-11+. The third-order valence-electron chi connectivity index (χ3n) is 4.66. The van der Waals surface area contributed by atoms with Crippen molar-refractivity contribution in [3.05, 3.63) is 42.5 Å². The molecule has 28 heavy (non-hydrogen) atoms. The maximum absolute atomic E-state index is 12.8. The maximum Gasteiger partial charge on any atom is 0.244 e. The lowest BCUT2D eigenvalue weighted by atomic mass is 9.95. The van der Waals surface area contributed by atoms with Gasteiger partial charge in [0.15, 0.2) is 0 Å². The molecule has 0 spiro atoms. The second-order valence-corrected chi connectivity index (χ2v) is 8.59. The van der Waals surface area contributed by atoms with Crippen molar-refractivity contribution in [3.63, 3.8) is 0 Å². The van der Waals surface area contributed by atoms with Gasteiger partial charge < -0.3 is 15.4 Å². The second-order valence-electron chi connectivity index (χ2n) is 6.65. The Morgan fingerprint density at radius 3 is 2.68 bits per heavy atom. The predicted octanol–water partition coefficient (Wildman–Crippen LogP) is 2.06. The molecule has 0 bridgehead atoms. The van der Waals surface area contributed by atoms with Gasteiger partial charge in [-0.05, 0) is 32.9 Å². The van der Waals surface area contributed by atoms with Crippen LogP contribution in [0.5, 0.6) is 5.88 Å². The largest absolute Gasteiger partial charge is 0.473 e. The van der Waals surface area contributed by atoms with Crippen LogP contribution in [0.15, 0.2) is 47.4 Å². The number of halogens is 1. The summed E-state index contributed by atoms with van der Waals surface area (Å²) < 4.78 is 45.3. The van der Waals surface area contributed by atoms with Gasteiger partial charge in [-0.25, -0.2) is 17.8 Å². The molecule has 9 heteroatoms. The minimum absolute atomic E-state index is 0.0413. The monoisotopic (exact) mass is 412 g/mol. The van der Waals surface area contributed by atoms with Crippen LogP contribution in [0.3, 0.4) is 0 Å². The number of hydrogen-bond donors (Lipinski definition) is 2. The van der Waals surface area contributed by atoms with Crippen molar-refractivity contribution in [2.75, 3.05) is 39.8 Å². The van der Waals surface area contributed by atoms with E-state index in [-0.39, 0.29) is 23.3 Å². The molecule has 1 aliphatic heterocycles. The highest BCUT2D eigenvalue weighted by atomic mass is 32.2. The lowest BCUT2D eigenvalue weighted by molar-refractivity contribution is 0.291. The van der Waals surface area contributed by atoms with E-state index in [0.29, 0.717) is 31.5 Å². The Kier molecular flexibility index (Phi) is 8.40. The van der Waals surface area contributed by atoms with Crippen molar-refractivity contribution >= 4 is 10.0 Å². The van der Waals surface area contributed by atoms with E-state index in [0.717, 1.165) is 25.1 Å². The van der Waals surface area contributed by atoms with E-state index in [4.69, 9.17) is 4.74 Å². The molecule has 0 saturated carbocycles. The molecule has 2 rings (SSSR count). The van der Waals surface area contributed by atoms with Crippen molar-refractivity contribution in [2.45, 2.75) is 24.7 Å². The Morgan fingerprint density at radius 1 is 1.43 bits per heavy atom. The van der Waals surface area contributed by atoms with Gasteiger partial charge in [0.25, 0.3) is 0 Å². The first kappa shape index (κ1) is 22.3. The number of allylic oxidation sites excluding steroid dienone is 1. The van der Waals surface area contributed by atoms with Crippen LogP contribution in [0.25, 0.3) is 0 Å². The summed E-state index contributed by atoms with van der Waals surface area (Å²) in [5.41, 5.74) is 1.41. The summed E-state index contributed by atoms with van der Waals surface area (Å²) in [6, 6.07) is 2.96. The molecule has 1 saturated heterocycles. The Hall–Kier alpha value is -1.97. The Balaban J connectivity index is 1.96. The van der Waals surface area contributed by atoms with Gasteiger partial charge in [-0.15, -0.1) is 0 Å². The molecule has 0 unspecified atom stereocenters. The minimum atomic E-state index is -3.60. The van der Waals surface area contributed by atoms with Crippen molar-refractivity contribution in [2.24, 2.45) is 5.92 Å². The van der Waals surface area contributed by atoms with Crippen LogP contribution in [0.4, 0.5) is 4.39 Å². The molecule has 1 aromatic rings. The van der Waals surface area contributed by atoms with Crippen molar-refractivity contribution < 1.29 is 17.5 Å². The number of nitrogens with one attached hydrogen (secondary N) is 2. The number of sulfonamides is 1. The highest BCUT2D eigenvalue weighted by Gasteiger charge is 2.30. The molecule has 2 N–H and O–H groups in total. The number of rotatable bonds is 10. The molecule has 0 aliphatic carbocycles. The van der Waals surface area contributed by atoms with E-state index in [9.17, 15) is 12.8 Å². The van der Waals surface area contributed by atoms with Gasteiger partial charge in [0, 0.05) is 49.4 Å². The van der Waals surface area contributed by atoms with E-state index in [1.54, 1.807) is 7.05 Å². The fraction of sp³-hybridized carbons (Fsp3) is 0.526. The molecule has 0 aromatic carbocycles. The summed E-state index contributed by atoms with van der Waals surface area (Å²) in [4.78, 5) is 4.18. The third kappa shape index (κ3) is 5.76. The van der Waals surface area contributed by atoms with Gasteiger partial charge in [0.05, 0.1) is 12.5 Å². The molecule has 1 aliphatic rings. The molecule has 0 atom stereocenters. The average Bonchev–Trinajstić information content (AvgIpc) is 2.71. The molecular formula is C19H29FN4O3S.